The Kier molecular flexibility index (Phi) is 1.05. The van der Waals surface area contributed by atoms with E-state index in [1.807, 2.05) is 0 Å². The molecule has 3 nitrogen and oxygen atoms in total. The Balaban J connectivity index is 3.09. The van der Waals surface area contributed by atoms with Gasteiger partial charge in [-0.15, -0.1) is 0 Å². The first-order chi connectivity index (χ1) is 6.84. The van der Waals surface area contributed by atoms with Gasteiger partial charge in [0.1, 0.15) is 0 Å². The first-order valence-electron chi connectivity index (χ1n) is 5.43. The second-order valence-electron chi connectivity index (χ2n) is 2.36. The van der Waals surface area contributed by atoms with Crippen molar-refractivity contribution >= 4 is 5.95 Å². The molecular formula is C8H13N3. The lowest BCUT2D eigenvalue weighted by Crippen LogP contribution is -2.13. The summed E-state index contributed by atoms with van der Waals surface area (Å²) in [7, 11) is 1.41. The predicted octanol–water partition coefficient (Wildman–Crippen LogP) is 1.16. The third-order valence-corrected chi connectivity index (χ3v) is 1.20. The molecule has 3 heteroatoms. The number of aryl methyl sites for hydroxylation is 2. The molecule has 0 N–H and O–H groups in total. The molecule has 60 valence electrons. The van der Waals surface area contributed by atoms with Crippen molar-refractivity contribution < 1.29 is 5.48 Å². The minimum Gasteiger partial charge on any atom is -0.347 e. The van der Waals surface area contributed by atoms with Crippen LogP contribution in [0.1, 0.15) is 16.9 Å². The molecule has 0 aromatic carbocycles. The maximum atomic E-state index is 7.21. The molecule has 0 spiro atoms. The third kappa shape index (κ3) is 1.90. The SMILES string of the molecule is [2H]Cc1cc(C)nc(N(C)C([2H])([2H])[2H])n1. The molecule has 1 aromatic rings. The molecule has 0 bridgehead atoms. The highest BCUT2D eigenvalue weighted by Crippen LogP contribution is 2.05. The lowest BCUT2D eigenvalue weighted by atomic mass is 10.4. The normalized spacial score (nSPS) is 16.2. The molecule has 11 heavy (non-hydrogen) atoms. The van der Waals surface area contributed by atoms with Crippen LogP contribution in [-0.2, 0) is 0 Å². The highest BCUT2D eigenvalue weighted by atomic mass is 15.2. The summed E-state index contributed by atoms with van der Waals surface area (Å²) in [5.74, 6) is 0.136. The third-order valence-electron chi connectivity index (χ3n) is 1.20. The molecule has 0 amide bonds. The van der Waals surface area contributed by atoms with Crippen LogP contribution in [0.5, 0.6) is 0 Å². The van der Waals surface area contributed by atoms with Crippen molar-refractivity contribution in [3.63, 3.8) is 0 Å². The van der Waals surface area contributed by atoms with Crippen molar-refractivity contribution in [2.24, 2.45) is 0 Å². The van der Waals surface area contributed by atoms with Gasteiger partial charge in [0.05, 0.1) is 0 Å². The summed E-state index contributed by atoms with van der Waals surface area (Å²) in [6, 6.07) is 1.67. The largest absolute Gasteiger partial charge is 0.347 e. The maximum Gasteiger partial charge on any atom is 0.225 e. The topological polar surface area (TPSA) is 29.0 Å². The van der Waals surface area contributed by atoms with Crippen LogP contribution >= 0.6 is 0 Å². The van der Waals surface area contributed by atoms with E-state index in [2.05, 4.69) is 9.97 Å². The van der Waals surface area contributed by atoms with Gasteiger partial charge in [-0.1, -0.05) is 0 Å². The Morgan fingerprint density at radius 3 is 2.82 bits per heavy atom. The molecular weight excluding hydrogens is 138 g/mol. The molecule has 1 aromatic heterocycles. The van der Waals surface area contributed by atoms with E-state index in [0.29, 0.717) is 11.4 Å². The van der Waals surface area contributed by atoms with Crippen LogP contribution in [0, 0.1) is 13.8 Å². The molecule has 1 heterocycles. The van der Waals surface area contributed by atoms with E-state index in [1.54, 1.807) is 13.0 Å². The van der Waals surface area contributed by atoms with Crippen molar-refractivity contribution in [2.75, 3.05) is 18.9 Å². The number of hydrogen-bond acceptors (Lipinski definition) is 3. The molecule has 0 saturated heterocycles. The molecule has 0 aliphatic rings. The number of aromatic nitrogens is 2. The highest BCUT2D eigenvalue weighted by Gasteiger charge is 1.99. The van der Waals surface area contributed by atoms with E-state index in [1.165, 1.54) is 7.05 Å². The highest BCUT2D eigenvalue weighted by molar-refractivity contribution is 5.29. The molecule has 1 rings (SSSR count). The minimum atomic E-state index is -2.26. The summed E-state index contributed by atoms with van der Waals surface area (Å²) >= 11 is 0. The van der Waals surface area contributed by atoms with Gasteiger partial charge in [0.25, 0.3) is 0 Å². The maximum absolute atomic E-state index is 7.21. The van der Waals surface area contributed by atoms with Crippen LogP contribution in [0.3, 0.4) is 0 Å². The second kappa shape index (κ2) is 2.86. The smallest absolute Gasteiger partial charge is 0.225 e. The minimum absolute atomic E-state index is 0.0190. The summed E-state index contributed by atoms with van der Waals surface area (Å²) < 4.78 is 28.8. The van der Waals surface area contributed by atoms with Crippen LogP contribution in [-0.4, -0.2) is 24.0 Å². The Morgan fingerprint density at radius 2 is 2.18 bits per heavy atom. The van der Waals surface area contributed by atoms with Gasteiger partial charge in [0, 0.05) is 30.9 Å². The molecule has 0 radical (unpaired) electrons. The fourth-order valence-corrected chi connectivity index (χ4v) is 0.767. The van der Waals surface area contributed by atoms with Crippen LogP contribution in [0.2, 0.25) is 0 Å². The van der Waals surface area contributed by atoms with Crippen molar-refractivity contribution in [1.82, 2.24) is 9.97 Å². The zero-order chi connectivity index (χ0) is 11.6. The van der Waals surface area contributed by atoms with E-state index in [9.17, 15) is 0 Å². The van der Waals surface area contributed by atoms with E-state index in [0.717, 1.165) is 4.90 Å². The van der Waals surface area contributed by atoms with Gasteiger partial charge < -0.3 is 4.90 Å². The summed E-state index contributed by atoms with van der Waals surface area (Å²) in [5, 5.41) is 0. The van der Waals surface area contributed by atoms with E-state index in [-0.39, 0.29) is 12.8 Å². The monoisotopic (exact) mass is 155 g/mol. The Hall–Kier alpha value is -1.12. The Morgan fingerprint density at radius 1 is 1.45 bits per heavy atom. The molecule has 0 atom stereocenters. The van der Waals surface area contributed by atoms with Gasteiger partial charge in [0.15, 0.2) is 0 Å². The average Bonchev–Trinajstić information content (AvgIpc) is 2.14. The van der Waals surface area contributed by atoms with Gasteiger partial charge >= 0.3 is 0 Å². The zero-order valence-corrected chi connectivity index (χ0v) is 6.63. The van der Waals surface area contributed by atoms with Crippen molar-refractivity contribution in [1.29, 1.82) is 0 Å². The standard InChI is InChI=1S/C8H13N3/c1-6-5-7(2)10-8(9-6)11(3)4/h5H,1-4H3/i1D,3D3. The Labute approximate surface area is 72.7 Å². The summed E-state index contributed by atoms with van der Waals surface area (Å²) in [6.45, 7) is -0.490. The lowest BCUT2D eigenvalue weighted by Gasteiger charge is -2.10. The van der Waals surface area contributed by atoms with Crippen molar-refractivity contribution in [3.8, 4) is 0 Å². The predicted molar refractivity (Wildman–Crippen MR) is 45.8 cm³/mol. The average molecular weight is 155 g/mol. The van der Waals surface area contributed by atoms with E-state index in [4.69, 9.17) is 5.48 Å². The van der Waals surface area contributed by atoms with Crippen LogP contribution in [0.4, 0.5) is 5.95 Å². The Bertz CT molecular complexity index is 350. The van der Waals surface area contributed by atoms with E-state index >= 15 is 0 Å². The van der Waals surface area contributed by atoms with Crippen molar-refractivity contribution in [3.05, 3.63) is 17.5 Å². The van der Waals surface area contributed by atoms with Gasteiger partial charge in [0.2, 0.25) is 5.95 Å². The van der Waals surface area contributed by atoms with Crippen molar-refractivity contribution in [2.45, 2.75) is 13.8 Å². The fourth-order valence-electron chi connectivity index (χ4n) is 0.767. The molecule has 0 aliphatic carbocycles. The summed E-state index contributed by atoms with van der Waals surface area (Å²) in [6.07, 6.45) is 0. The number of rotatable bonds is 1. The lowest BCUT2D eigenvalue weighted by molar-refractivity contribution is 0.956. The van der Waals surface area contributed by atoms with Crippen LogP contribution < -0.4 is 4.90 Å². The number of nitrogens with zero attached hydrogens (tertiary/aromatic N) is 3. The number of hydrogen-bond donors (Lipinski definition) is 0. The number of anilines is 1. The molecule has 0 saturated carbocycles. The molecule has 0 unspecified atom stereocenters. The van der Waals surface area contributed by atoms with Gasteiger partial charge in [-0.05, 0) is 19.9 Å². The summed E-state index contributed by atoms with van der Waals surface area (Å²) in [5.41, 5.74) is 1.19. The quantitative estimate of drug-likeness (QED) is 0.609. The van der Waals surface area contributed by atoms with Crippen LogP contribution in [0.15, 0.2) is 6.07 Å². The second-order valence-corrected chi connectivity index (χ2v) is 2.36. The first-order valence-corrected chi connectivity index (χ1v) is 3.22. The van der Waals surface area contributed by atoms with Gasteiger partial charge in [-0.25, -0.2) is 9.97 Å². The van der Waals surface area contributed by atoms with Gasteiger partial charge in [-0.3, -0.25) is 0 Å². The summed E-state index contributed by atoms with van der Waals surface area (Å²) in [4.78, 5) is 9.03. The van der Waals surface area contributed by atoms with Crippen LogP contribution in [0.25, 0.3) is 0 Å². The fraction of sp³-hybridized carbons (Fsp3) is 0.500. The molecule has 0 fully saturated rings. The van der Waals surface area contributed by atoms with Gasteiger partial charge in [-0.2, -0.15) is 0 Å². The first kappa shape index (κ1) is 4.04. The molecule has 0 aliphatic heterocycles. The zero-order valence-electron chi connectivity index (χ0n) is 10.6. The van der Waals surface area contributed by atoms with E-state index < -0.39 is 6.98 Å².